The molecule has 0 spiro atoms. The molecule has 0 radical (unpaired) electrons. The van der Waals surface area contributed by atoms with Crippen molar-refractivity contribution in [3.8, 4) is 5.75 Å². The largest absolute Gasteiger partial charge is 0.497 e. The molecule has 0 bridgehead atoms. The molecule has 0 saturated heterocycles. The molecule has 2 aromatic rings. The van der Waals surface area contributed by atoms with Gasteiger partial charge >= 0.3 is 0 Å². The first-order valence-electron chi connectivity index (χ1n) is 4.24. The van der Waals surface area contributed by atoms with E-state index in [1.165, 1.54) is 5.39 Å². The third-order valence-corrected chi connectivity index (χ3v) is 3.40. The first-order chi connectivity index (χ1) is 6.72. The summed E-state index contributed by atoms with van der Waals surface area (Å²) in [5.41, 5.74) is 6.64. The zero-order chi connectivity index (χ0) is 10.1. The smallest absolute Gasteiger partial charge is 0.119 e. The summed E-state index contributed by atoms with van der Waals surface area (Å²) < 4.78 is 6.26. The van der Waals surface area contributed by atoms with Crippen LogP contribution in [0, 0.1) is 3.57 Å². The van der Waals surface area contributed by atoms with Gasteiger partial charge < -0.3 is 10.5 Å². The summed E-state index contributed by atoms with van der Waals surface area (Å²) >= 11 is 2.26. The number of hydrogen-bond donors (Lipinski definition) is 1. The molecule has 0 heterocycles. The molecule has 14 heavy (non-hydrogen) atoms. The van der Waals surface area contributed by atoms with Crippen molar-refractivity contribution in [1.29, 1.82) is 0 Å². The molecule has 72 valence electrons. The number of rotatable bonds is 1. The van der Waals surface area contributed by atoms with Crippen LogP contribution in [0.3, 0.4) is 0 Å². The zero-order valence-electron chi connectivity index (χ0n) is 7.75. The lowest BCUT2D eigenvalue weighted by molar-refractivity contribution is 0.415. The fourth-order valence-corrected chi connectivity index (χ4v) is 2.05. The van der Waals surface area contributed by atoms with Crippen LogP contribution < -0.4 is 10.5 Å². The van der Waals surface area contributed by atoms with Crippen molar-refractivity contribution in [3.05, 3.63) is 33.9 Å². The van der Waals surface area contributed by atoms with Crippen LogP contribution in [0.25, 0.3) is 10.8 Å². The van der Waals surface area contributed by atoms with Gasteiger partial charge in [-0.3, -0.25) is 0 Å². The quantitative estimate of drug-likeness (QED) is 0.649. The summed E-state index contributed by atoms with van der Waals surface area (Å²) in [5, 5.41) is 2.33. The lowest BCUT2D eigenvalue weighted by Crippen LogP contribution is -1.90. The number of nitrogens with two attached hydrogens (primary N) is 1. The minimum atomic E-state index is 0.811. The summed E-state index contributed by atoms with van der Waals surface area (Å²) in [6.07, 6.45) is 0. The number of ether oxygens (including phenoxy) is 1. The van der Waals surface area contributed by atoms with Crippen molar-refractivity contribution in [2.24, 2.45) is 0 Å². The number of methoxy groups -OCH3 is 1. The van der Waals surface area contributed by atoms with E-state index in [0.29, 0.717) is 0 Å². The highest BCUT2D eigenvalue weighted by Gasteiger charge is 2.03. The number of benzene rings is 2. The predicted molar refractivity (Wildman–Crippen MR) is 67.6 cm³/mol. The van der Waals surface area contributed by atoms with Crippen molar-refractivity contribution in [1.82, 2.24) is 0 Å². The monoisotopic (exact) mass is 299 g/mol. The summed E-state index contributed by atoms with van der Waals surface area (Å²) in [4.78, 5) is 0. The van der Waals surface area contributed by atoms with Gasteiger partial charge in [0.25, 0.3) is 0 Å². The van der Waals surface area contributed by atoms with E-state index in [1.54, 1.807) is 7.11 Å². The van der Waals surface area contributed by atoms with Crippen molar-refractivity contribution in [2.75, 3.05) is 12.8 Å². The van der Waals surface area contributed by atoms with Gasteiger partial charge in [-0.1, -0.05) is 12.1 Å². The van der Waals surface area contributed by atoms with Crippen molar-refractivity contribution >= 4 is 39.1 Å². The van der Waals surface area contributed by atoms with Crippen LogP contribution in [0.2, 0.25) is 0 Å². The Morgan fingerprint density at radius 1 is 1.21 bits per heavy atom. The first kappa shape index (κ1) is 9.58. The van der Waals surface area contributed by atoms with Crippen LogP contribution in [0.5, 0.6) is 5.75 Å². The Bertz CT molecular complexity index is 482. The number of nitrogen functional groups attached to an aromatic ring is 1. The summed E-state index contributed by atoms with van der Waals surface area (Å²) in [6, 6.07) is 9.95. The third kappa shape index (κ3) is 1.52. The Hall–Kier alpha value is -0.970. The average Bonchev–Trinajstić information content (AvgIpc) is 2.23. The van der Waals surface area contributed by atoms with Crippen molar-refractivity contribution in [3.63, 3.8) is 0 Å². The minimum Gasteiger partial charge on any atom is -0.497 e. The molecule has 2 nitrogen and oxygen atoms in total. The fourth-order valence-electron chi connectivity index (χ4n) is 1.41. The van der Waals surface area contributed by atoms with Crippen molar-refractivity contribution in [2.45, 2.75) is 0 Å². The van der Waals surface area contributed by atoms with Gasteiger partial charge in [-0.05, 0) is 46.2 Å². The van der Waals surface area contributed by atoms with E-state index in [1.807, 2.05) is 30.3 Å². The third-order valence-electron chi connectivity index (χ3n) is 2.19. The van der Waals surface area contributed by atoms with Gasteiger partial charge in [-0.25, -0.2) is 0 Å². The maximum absolute atomic E-state index is 5.83. The maximum atomic E-state index is 5.83. The van der Waals surface area contributed by atoms with E-state index in [9.17, 15) is 0 Å². The second kappa shape index (κ2) is 3.65. The molecule has 2 N–H and O–H groups in total. The van der Waals surface area contributed by atoms with E-state index in [4.69, 9.17) is 10.5 Å². The molecule has 3 heteroatoms. The van der Waals surface area contributed by atoms with E-state index in [-0.39, 0.29) is 0 Å². The van der Waals surface area contributed by atoms with Crippen LogP contribution in [0.15, 0.2) is 30.3 Å². The minimum absolute atomic E-state index is 0.811. The molecule has 0 aliphatic carbocycles. The normalized spacial score (nSPS) is 10.4. The molecular formula is C11H10INO. The zero-order valence-corrected chi connectivity index (χ0v) is 9.91. The number of anilines is 1. The second-order valence-corrected chi connectivity index (χ2v) is 4.13. The topological polar surface area (TPSA) is 35.2 Å². The van der Waals surface area contributed by atoms with Gasteiger partial charge in [0.15, 0.2) is 0 Å². The molecule has 2 aromatic carbocycles. The number of halogens is 1. The van der Waals surface area contributed by atoms with E-state index >= 15 is 0 Å². The molecule has 0 saturated carbocycles. The lowest BCUT2D eigenvalue weighted by atomic mass is 10.1. The molecule has 0 aliphatic rings. The Labute approximate surface area is 96.2 Å². The van der Waals surface area contributed by atoms with E-state index in [2.05, 4.69) is 22.6 Å². The summed E-state index contributed by atoms with van der Waals surface area (Å²) in [5.74, 6) is 0.862. The number of hydrogen-bond acceptors (Lipinski definition) is 2. The van der Waals surface area contributed by atoms with E-state index in [0.717, 1.165) is 20.4 Å². The Morgan fingerprint density at radius 2 is 1.93 bits per heavy atom. The van der Waals surface area contributed by atoms with Crippen molar-refractivity contribution < 1.29 is 4.74 Å². The highest BCUT2D eigenvalue weighted by molar-refractivity contribution is 14.1. The van der Waals surface area contributed by atoms with Crippen LogP contribution in [0.4, 0.5) is 5.69 Å². The molecular weight excluding hydrogens is 289 g/mol. The highest BCUT2D eigenvalue weighted by Crippen LogP contribution is 2.28. The molecule has 2 rings (SSSR count). The fraction of sp³-hybridized carbons (Fsp3) is 0.0909. The summed E-state index contributed by atoms with van der Waals surface area (Å²) in [6.45, 7) is 0. The Morgan fingerprint density at radius 3 is 2.64 bits per heavy atom. The van der Waals surface area contributed by atoms with Gasteiger partial charge in [0.1, 0.15) is 5.75 Å². The molecule has 0 aromatic heterocycles. The molecule has 0 amide bonds. The maximum Gasteiger partial charge on any atom is 0.119 e. The van der Waals surface area contributed by atoms with Crippen LogP contribution in [-0.2, 0) is 0 Å². The standard InChI is InChI=1S/C11H10INO/c1-14-8-4-2-7-3-5-10(13)11(12)9(7)6-8/h2-6H,13H2,1H3. The lowest BCUT2D eigenvalue weighted by Gasteiger charge is -2.06. The van der Waals surface area contributed by atoms with Crippen LogP contribution >= 0.6 is 22.6 Å². The molecule has 0 unspecified atom stereocenters. The van der Waals surface area contributed by atoms with Gasteiger partial charge in [0.05, 0.1) is 7.11 Å². The summed E-state index contributed by atoms with van der Waals surface area (Å²) in [7, 11) is 1.67. The van der Waals surface area contributed by atoms with Crippen LogP contribution in [-0.4, -0.2) is 7.11 Å². The van der Waals surface area contributed by atoms with Gasteiger partial charge in [0, 0.05) is 14.6 Å². The van der Waals surface area contributed by atoms with Gasteiger partial charge in [-0.2, -0.15) is 0 Å². The van der Waals surface area contributed by atoms with Crippen LogP contribution in [0.1, 0.15) is 0 Å². The number of fused-ring (bicyclic) bond motifs is 1. The molecule has 0 atom stereocenters. The van der Waals surface area contributed by atoms with Gasteiger partial charge in [0.2, 0.25) is 0 Å². The molecule has 0 fully saturated rings. The average molecular weight is 299 g/mol. The predicted octanol–water partition coefficient (Wildman–Crippen LogP) is 3.04. The SMILES string of the molecule is COc1ccc2ccc(N)c(I)c2c1. The van der Waals surface area contributed by atoms with Gasteiger partial charge in [-0.15, -0.1) is 0 Å². The van der Waals surface area contributed by atoms with E-state index < -0.39 is 0 Å². The first-order valence-corrected chi connectivity index (χ1v) is 5.32. The Kier molecular flexibility index (Phi) is 2.50. The second-order valence-electron chi connectivity index (χ2n) is 3.06. The highest BCUT2D eigenvalue weighted by atomic mass is 127. The Balaban J connectivity index is 2.78. The molecule has 0 aliphatic heterocycles.